The minimum Gasteiger partial charge on any atom is -0.355 e. The third-order valence-corrected chi connectivity index (χ3v) is 8.10. The zero-order valence-electron chi connectivity index (χ0n) is 18.8. The molecule has 0 aromatic heterocycles. The van der Waals surface area contributed by atoms with Crippen LogP contribution in [0.4, 0.5) is 5.69 Å². The number of fused-ring (bicyclic) bond motifs is 1. The van der Waals surface area contributed by atoms with Crippen LogP contribution in [0, 0.1) is 11.8 Å². The van der Waals surface area contributed by atoms with Gasteiger partial charge in [0.05, 0.1) is 0 Å². The number of anilines is 1. The van der Waals surface area contributed by atoms with E-state index in [1.165, 1.54) is 51.7 Å². The van der Waals surface area contributed by atoms with Gasteiger partial charge in [0.2, 0.25) is 0 Å². The van der Waals surface area contributed by atoms with Crippen molar-refractivity contribution in [3.8, 4) is 0 Å². The summed E-state index contributed by atoms with van der Waals surface area (Å²) in [4.78, 5) is 2.67. The van der Waals surface area contributed by atoms with Gasteiger partial charge in [-0.05, 0) is 81.3 Å². The van der Waals surface area contributed by atoms with Gasteiger partial charge in [-0.15, -0.1) is 0 Å². The van der Waals surface area contributed by atoms with E-state index in [-0.39, 0.29) is 0 Å². The molecule has 0 bridgehead atoms. The number of hydrogen-bond donors (Lipinski definition) is 4. The van der Waals surface area contributed by atoms with Crippen molar-refractivity contribution in [3.63, 3.8) is 0 Å². The van der Waals surface area contributed by atoms with Crippen molar-refractivity contribution in [1.82, 2.24) is 10.2 Å². The van der Waals surface area contributed by atoms with E-state index in [4.69, 9.17) is 23.1 Å². The van der Waals surface area contributed by atoms with Gasteiger partial charge in [0.25, 0.3) is 0 Å². The van der Waals surface area contributed by atoms with Crippen molar-refractivity contribution < 1.29 is 0 Å². The Balaban J connectivity index is 1.35. The molecule has 32 heavy (non-hydrogen) atoms. The summed E-state index contributed by atoms with van der Waals surface area (Å²) in [5.74, 6) is 0.324. The molecule has 0 spiro atoms. The highest BCUT2D eigenvalue weighted by atomic mass is 35.5. The normalized spacial score (nSPS) is 33.3. The average molecular weight is 454 g/mol. The molecule has 5 nitrogen and oxygen atoms in total. The summed E-state index contributed by atoms with van der Waals surface area (Å²) in [6, 6.07) is 16.0. The Labute approximate surface area is 196 Å². The maximum atomic E-state index is 7.09. The number of halogens is 1. The average Bonchev–Trinajstić information content (AvgIpc) is 2.80. The van der Waals surface area contributed by atoms with Crippen LogP contribution in [0.15, 0.2) is 48.5 Å². The molecule has 172 valence electrons. The summed E-state index contributed by atoms with van der Waals surface area (Å²) in [6.07, 6.45) is 8.77. The van der Waals surface area contributed by atoms with Gasteiger partial charge in [-0.25, -0.2) is 0 Å². The topological polar surface area (TPSA) is 79.3 Å². The lowest BCUT2D eigenvalue weighted by Gasteiger charge is -2.52. The molecule has 0 amide bonds. The number of nitrogens with zero attached hydrogens (tertiary/aromatic N) is 1. The molecule has 2 unspecified atom stereocenters. The molecule has 1 saturated carbocycles. The standard InChI is InChI=1S/C26H36ClN5/c27-22-14-12-20(13-15-22)25(28)23-6-2-3-7-24(23)30-26(29,31-25)21-10-8-19(9-11-21)18-32-16-4-1-5-17-32/h2-3,6-7,12-15,19,21,30-31H,1,4-5,8-11,16-18,28-29H2. The van der Waals surface area contributed by atoms with E-state index in [0.717, 1.165) is 35.6 Å². The van der Waals surface area contributed by atoms with E-state index < -0.39 is 11.4 Å². The summed E-state index contributed by atoms with van der Waals surface area (Å²) in [6.45, 7) is 3.80. The van der Waals surface area contributed by atoms with Gasteiger partial charge in [0.15, 0.2) is 0 Å². The van der Waals surface area contributed by atoms with Crippen LogP contribution < -0.4 is 22.1 Å². The number of piperidine rings is 1. The van der Waals surface area contributed by atoms with Crippen LogP contribution in [-0.2, 0) is 5.66 Å². The van der Waals surface area contributed by atoms with Crippen LogP contribution in [0.2, 0.25) is 5.02 Å². The Morgan fingerprint density at radius 1 is 0.906 bits per heavy atom. The van der Waals surface area contributed by atoms with Crippen LogP contribution >= 0.6 is 11.6 Å². The first-order chi connectivity index (χ1) is 15.5. The predicted octanol–water partition coefficient (Wildman–Crippen LogP) is 4.42. The van der Waals surface area contributed by atoms with E-state index in [0.29, 0.717) is 10.9 Å². The minimum atomic E-state index is -0.883. The number of nitrogens with two attached hydrogens (primary N) is 2. The van der Waals surface area contributed by atoms with E-state index in [1.807, 2.05) is 36.4 Å². The first-order valence-electron chi connectivity index (χ1n) is 12.2. The minimum absolute atomic E-state index is 0.309. The molecule has 6 heteroatoms. The number of para-hydroxylation sites is 1. The van der Waals surface area contributed by atoms with E-state index >= 15 is 0 Å². The van der Waals surface area contributed by atoms with Crippen LogP contribution in [0.5, 0.6) is 0 Å². The zero-order chi connectivity index (χ0) is 22.2. The highest BCUT2D eigenvalue weighted by Gasteiger charge is 2.48. The second-order valence-corrected chi connectivity index (χ2v) is 10.5. The number of likely N-dealkylation sites (tertiary alicyclic amines) is 1. The third-order valence-electron chi connectivity index (χ3n) is 7.85. The Kier molecular flexibility index (Phi) is 6.21. The Morgan fingerprint density at radius 2 is 1.59 bits per heavy atom. The highest BCUT2D eigenvalue weighted by molar-refractivity contribution is 6.30. The Bertz CT molecular complexity index is 920. The predicted molar refractivity (Wildman–Crippen MR) is 132 cm³/mol. The molecular weight excluding hydrogens is 418 g/mol. The monoisotopic (exact) mass is 453 g/mol. The van der Waals surface area contributed by atoms with Crippen LogP contribution in [0.1, 0.15) is 56.1 Å². The van der Waals surface area contributed by atoms with E-state index in [2.05, 4.69) is 27.7 Å². The first-order valence-corrected chi connectivity index (χ1v) is 12.6. The molecular formula is C26H36ClN5. The second-order valence-electron chi connectivity index (χ2n) is 10.1. The van der Waals surface area contributed by atoms with Crippen LogP contribution in [-0.4, -0.2) is 30.3 Å². The number of rotatable bonds is 4. The van der Waals surface area contributed by atoms with Gasteiger partial charge in [0, 0.05) is 28.7 Å². The lowest BCUT2D eigenvalue weighted by atomic mass is 9.76. The van der Waals surface area contributed by atoms with Crippen molar-refractivity contribution in [1.29, 1.82) is 0 Å². The SMILES string of the molecule is NC1(c2ccc(Cl)cc2)NC(N)(C2CCC(CN3CCCCC3)CC2)Nc2ccccc21. The number of benzene rings is 2. The zero-order valence-corrected chi connectivity index (χ0v) is 19.6. The summed E-state index contributed by atoms with van der Waals surface area (Å²) >= 11 is 6.16. The third kappa shape index (κ3) is 4.29. The summed E-state index contributed by atoms with van der Waals surface area (Å²) < 4.78 is 0. The molecule has 6 N–H and O–H groups in total. The molecule has 1 aliphatic carbocycles. The highest BCUT2D eigenvalue weighted by Crippen LogP contribution is 2.42. The lowest BCUT2D eigenvalue weighted by Crippen LogP contribution is -2.75. The molecule has 5 rings (SSSR count). The van der Waals surface area contributed by atoms with E-state index in [1.54, 1.807) is 0 Å². The van der Waals surface area contributed by atoms with Crippen molar-refractivity contribution in [2.24, 2.45) is 23.3 Å². The van der Waals surface area contributed by atoms with E-state index in [9.17, 15) is 0 Å². The fourth-order valence-corrected chi connectivity index (χ4v) is 6.16. The number of nitrogens with one attached hydrogen (secondary N) is 2. The smallest absolute Gasteiger partial charge is 0.146 e. The molecule has 2 fully saturated rings. The largest absolute Gasteiger partial charge is 0.355 e. The van der Waals surface area contributed by atoms with Crippen LogP contribution in [0.25, 0.3) is 0 Å². The fourth-order valence-electron chi connectivity index (χ4n) is 6.04. The lowest BCUT2D eigenvalue weighted by molar-refractivity contribution is 0.104. The van der Waals surface area contributed by atoms with Gasteiger partial charge in [-0.1, -0.05) is 48.4 Å². The maximum Gasteiger partial charge on any atom is 0.146 e. The maximum absolute atomic E-state index is 7.09. The van der Waals surface area contributed by atoms with Gasteiger partial charge in [-0.3, -0.25) is 11.1 Å². The first kappa shape index (κ1) is 22.2. The summed E-state index contributed by atoms with van der Waals surface area (Å²) in [5, 5.41) is 7.98. The van der Waals surface area contributed by atoms with Gasteiger partial charge in [0.1, 0.15) is 11.4 Å². The quantitative estimate of drug-likeness (QED) is 0.551. The fraction of sp³-hybridized carbons (Fsp3) is 0.538. The van der Waals surface area contributed by atoms with Crippen LogP contribution in [0.3, 0.4) is 0 Å². The summed E-state index contributed by atoms with van der Waals surface area (Å²) in [7, 11) is 0. The molecule has 0 radical (unpaired) electrons. The molecule has 2 atom stereocenters. The van der Waals surface area contributed by atoms with Gasteiger partial charge in [-0.2, -0.15) is 0 Å². The molecule has 3 aliphatic rings. The molecule has 1 saturated heterocycles. The van der Waals surface area contributed by atoms with Crippen molar-refractivity contribution in [2.45, 2.75) is 56.4 Å². The summed E-state index contributed by atoms with van der Waals surface area (Å²) in [5.41, 5.74) is 16.3. The number of hydrogen-bond acceptors (Lipinski definition) is 5. The molecule has 2 heterocycles. The van der Waals surface area contributed by atoms with Crippen molar-refractivity contribution >= 4 is 17.3 Å². The molecule has 2 aliphatic heterocycles. The van der Waals surface area contributed by atoms with Crippen molar-refractivity contribution in [3.05, 3.63) is 64.7 Å². The molecule has 2 aromatic rings. The second kappa shape index (κ2) is 8.96. The Hall–Kier alpha value is -1.63. The molecule has 2 aromatic carbocycles. The van der Waals surface area contributed by atoms with Crippen molar-refractivity contribution in [2.75, 3.05) is 25.0 Å². The van der Waals surface area contributed by atoms with Gasteiger partial charge < -0.3 is 16.0 Å². The Morgan fingerprint density at radius 3 is 2.31 bits per heavy atom. The van der Waals surface area contributed by atoms with Gasteiger partial charge >= 0.3 is 0 Å².